The average Bonchev–Trinajstić information content (AvgIpc) is 3.17. The minimum absolute atomic E-state index is 0.105. The van der Waals surface area contributed by atoms with Crippen molar-refractivity contribution in [2.75, 3.05) is 19.6 Å². The number of amides is 1. The summed E-state index contributed by atoms with van der Waals surface area (Å²) < 4.78 is 1.47. The lowest BCUT2D eigenvalue weighted by atomic mass is 10.1. The van der Waals surface area contributed by atoms with Crippen LogP contribution in [0, 0.1) is 11.8 Å². The maximum atomic E-state index is 12.9. The lowest BCUT2D eigenvalue weighted by Crippen LogP contribution is -2.40. The lowest BCUT2D eigenvalue weighted by molar-refractivity contribution is 0.0888. The van der Waals surface area contributed by atoms with E-state index in [1.807, 2.05) is 26.8 Å². The molecule has 0 aliphatic carbocycles. The zero-order valence-corrected chi connectivity index (χ0v) is 22.6. The number of likely N-dealkylation sites (tertiary alicyclic amines) is 1. The number of nitrogens with zero attached hydrogens (tertiary/aromatic N) is 3. The highest BCUT2D eigenvalue weighted by Gasteiger charge is 2.27. The summed E-state index contributed by atoms with van der Waals surface area (Å²) in [6.07, 6.45) is 1.32. The first kappa shape index (κ1) is 27.0. The van der Waals surface area contributed by atoms with Gasteiger partial charge in [0.1, 0.15) is 5.69 Å². The quantitative estimate of drug-likeness (QED) is 0.410. The van der Waals surface area contributed by atoms with E-state index in [1.54, 1.807) is 36.4 Å². The molecule has 1 amide bonds. The second kappa shape index (κ2) is 11.2. The second-order valence-electron chi connectivity index (χ2n) is 10.1. The van der Waals surface area contributed by atoms with Crippen molar-refractivity contribution in [2.24, 2.45) is 0 Å². The molecule has 1 fully saturated rings. The highest BCUT2D eigenvalue weighted by Crippen LogP contribution is 2.37. The van der Waals surface area contributed by atoms with E-state index in [0.717, 1.165) is 31.5 Å². The van der Waals surface area contributed by atoms with Crippen LogP contribution >= 0.6 is 23.2 Å². The van der Waals surface area contributed by atoms with Gasteiger partial charge in [-0.1, -0.05) is 47.2 Å². The van der Waals surface area contributed by atoms with Crippen molar-refractivity contribution in [3.05, 3.63) is 63.8 Å². The third-order valence-corrected chi connectivity index (χ3v) is 6.50. The molecule has 0 unspecified atom stereocenters. The zero-order valence-electron chi connectivity index (χ0n) is 21.1. The third kappa shape index (κ3) is 6.65. The Morgan fingerprint density at radius 1 is 1.14 bits per heavy atom. The Kier molecular flexibility index (Phi) is 8.15. The number of aliphatic hydroxyl groups is 1. The molecular formula is C28H30Cl2N4O3. The van der Waals surface area contributed by atoms with Crippen LogP contribution in [0.2, 0.25) is 10.0 Å². The maximum absolute atomic E-state index is 12.9. The molecule has 0 radical (unpaired) electrons. The first-order chi connectivity index (χ1) is 17.5. The smallest absolute Gasteiger partial charge is 0.276 e. The van der Waals surface area contributed by atoms with Crippen LogP contribution in [-0.4, -0.2) is 62.1 Å². The number of aromatic nitrogens is 2. The van der Waals surface area contributed by atoms with Gasteiger partial charge < -0.3 is 15.5 Å². The number of rotatable bonds is 4. The van der Waals surface area contributed by atoms with Gasteiger partial charge >= 0.3 is 0 Å². The Labute approximate surface area is 227 Å². The van der Waals surface area contributed by atoms with Crippen LogP contribution in [0.15, 0.2) is 42.5 Å². The van der Waals surface area contributed by atoms with Gasteiger partial charge in [0.15, 0.2) is 11.4 Å². The number of halogens is 2. The van der Waals surface area contributed by atoms with Crippen molar-refractivity contribution < 1.29 is 15.0 Å². The van der Waals surface area contributed by atoms with Crippen molar-refractivity contribution >= 4 is 29.1 Å². The SMILES string of the molecule is CC(C)(C)NC(=O)c1nn(-c2ccc(C#CCN3CCC(O)CC3)cc2Cl)c(-c2ccc(Cl)cc2)c1O. The van der Waals surface area contributed by atoms with Gasteiger partial charge in [0, 0.05) is 34.8 Å². The van der Waals surface area contributed by atoms with Gasteiger partial charge in [-0.25, -0.2) is 4.68 Å². The van der Waals surface area contributed by atoms with Gasteiger partial charge in [-0.3, -0.25) is 9.69 Å². The molecule has 1 aromatic heterocycles. The zero-order chi connectivity index (χ0) is 26.7. The topological polar surface area (TPSA) is 90.6 Å². The van der Waals surface area contributed by atoms with Crippen LogP contribution in [0.3, 0.4) is 0 Å². The van der Waals surface area contributed by atoms with Gasteiger partial charge in [0.25, 0.3) is 5.91 Å². The van der Waals surface area contributed by atoms with E-state index in [0.29, 0.717) is 33.5 Å². The molecule has 3 aromatic rings. The Balaban J connectivity index is 1.67. The van der Waals surface area contributed by atoms with E-state index in [-0.39, 0.29) is 17.5 Å². The van der Waals surface area contributed by atoms with Crippen molar-refractivity contribution in [1.82, 2.24) is 20.0 Å². The molecule has 0 spiro atoms. The number of nitrogens with one attached hydrogen (secondary N) is 1. The summed E-state index contributed by atoms with van der Waals surface area (Å²) >= 11 is 12.7. The summed E-state index contributed by atoms with van der Waals surface area (Å²) in [5.41, 5.74) is 1.55. The van der Waals surface area contributed by atoms with Gasteiger partial charge in [-0.05, 0) is 63.9 Å². The summed E-state index contributed by atoms with van der Waals surface area (Å²) in [5, 5.41) is 29.0. The number of piperidine rings is 1. The lowest BCUT2D eigenvalue weighted by Gasteiger charge is -2.27. The van der Waals surface area contributed by atoms with E-state index >= 15 is 0 Å². The van der Waals surface area contributed by atoms with E-state index in [1.165, 1.54) is 4.68 Å². The predicted octanol–water partition coefficient (Wildman–Crippen LogP) is 4.89. The van der Waals surface area contributed by atoms with Crippen LogP contribution in [0.4, 0.5) is 0 Å². The van der Waals surface area contributed by atoms with Crippen LogP contribution in [0.5, 0.6) is 5.75 Å². The number of carbonyl (C=O) groups is 1. The molecule has 7 nitrogen and oxygen atoms in total. The Morgan fingerprint density at radius 3 is 2.43 bits per heavy atom. The fourth-order valence-electron chi connectivity index (χ4n) is 4.09. The average molecular weight is 541 g/mol. The van der Waals surface area contributed by atoms with Crippen LogP contribution < -0.4 is 5.32 Å². The summed E-state index contributed by atoms with van der Waals surface area (Å²) in [5.74, 6) is 5.56. The van der Waals surface area contributed by atoms with Gasteiger partial charge in [0.05, 0.1) is 23.4 Å². The van der Waals surface area contributed by atoms with Crippen molar-refractivity contribution in [2.45, 2.75) is 45.3 Å². The van der Waals surface area contributed by atoms with E-state index < -0.39 is 11.4 Å². The number of hydrogen-bond acceptors (Lipinski definition) is 5. The summed E-state index contributed by atoms with van der Waals surface area (Å²) in [4.78, 5) is 15.1. The second-order valence-corrected chi connectivity index (χ2v) is 11.0. The molecule has 1 saturated heterocycles. The highest BCUT2D eigenvalue weighted by atomic mass is 35.5. The van der Waals surface area contributed by atoms with E-state index in [2.05, 4.69) is 27.2 Å². The number of carbonyl (C=O) groups excluding carboxylic acids is 1. The molecule has 37 heavy (non-hydrogen) atoms. The van der Waals surface area contributed by atoms with E-state index in [4.69, 9.17) is 23.2 Å². The summed E-state index contributed by atoms with van der Waals surface area (Å²) in [6, 6.07) is 12.2. The first-order valence-electron chi connectivity index (χ1n) is 12.1. The third-order valence-electron chi connectivity index (χ3n) is 5.95. The largest absolute Gasteiger partial charge is 0.504 e. The molecule has 0 bridgehead atoms. The number of hydrogen-bond donors (Lipinski definition) is 3. The van der Waals surface area contributed by atoms with Crippen LogP contribution in [0.1, 0.15) is 49.7 Å². The molecule has 1 aliphatic heterocycles. The molecule has 2 heterocycles. The minimum Gasteiger partial charge on any atom is -0.504 e. The number of aromatic hydroxyl groups is 1. The molecular weight excluding hydrogens is 511 g/mol. The fourth-order valence-corrected chi connectivity index (χ4v) is 4.48. The molecule has 194 valence electrons. The predicted molar refractivity (Wildman–Crippen MR) is 146 cm³/mol. The van der Waals surface area contributed by atoms with E-state index in [9.17, 15) is 15.0 Å². The molecule has 0 saturated carbocycles. The Morgan fingerprint density at radius 2 is 1.81 bits per heavy atom. The van der Waals surface area contributed by atoms with Gasteiger partial charge in [-0.2, -0.15) is 5.10 Å². The molecule has 3 N–H and O–H groups in total. The van der Waals surface area contributed by atoms with Gasteiger partial charge in [0.2, 0.25) is 0 Å². The normalized spacial score (nSPS) is 14.8. The summed E-state index contributed by atoms with van der Waals surface area (Å²) in [6.45, 7) is 7.83. The van der Waals surface area contributed by atoms with Crippen molar-refractivity contribution in [3.8, 4) is 34.5 Å². The van der Waals surface area contributed by atoms with Crippen LogP contribution in [-0.2, 0) is 0 Å². The van der Waals surface area contributed by atoms with Crippen molar-refractivity contribution in [1.29, 1.82) is 0 Å². The highest BCUT2D eigenvalue weighted by molar-refractivity contribution is 6.32. The number of aliphatic hydroxyl groups excluding tert-OH is 1. The Bertz CT molecular complexity index is 1340. The summed E-state index contributed by atoms with van der Waals surface area (Å²) in [7, 11) is 0. The standard InChI is InChI=1S/C28H30Cl2N4O3/c1-28(2,3)31-27(37)24-26(36)25(19-7-9-20(29)10-8-19)34(32-24)23-11-6-18(17-22(23)30)5-4-14-33-15-12-21(35)13-16-33/h6-11,17,21,35-36H,12-16H2,1-3H3,(H,31,37). The molecule has 2 aromatic carbocycles. The molecule has 9 heteroatoms. The molecule has 4 rings (SSSR count). The van der Waals surface area contributed by atoms with Gasteiger partial charge in [-0.15, -0.1) is 0 Å². The number of benzene rings is 2. The van der Waals surface area contributed by atoms with Crippen molar-refractivity contribution in [3.63, 3.8) is 0 Å². The minimum atomic E-state index is -0.514. The van der Waals surface area contributed by atoms with Crippen LogP contribution in [0.25, 0.3) is 16.9 Å². The first-order valence-corrected chi connectivity index (χ1v) is 12.9. The molecule has 0 atom stereocenters. The maximum Gasteiger partial charge on any atom is 0.276 e. The fraction of sp³-hybridized carbons (Fsp3) is 0.357. The Hall–Kier alpha value is -3.02. The monoisotopic (exact) mass is 540 g/mol. The molecule has 1 aliphatic rings.